The van der Waals surface area contributed by atoms with Gasteiger partial charge < -0.3 is 30.7 Å². The number of rotatable bonds is 18. The van der Waals surface area contributed by atoms with Crippen LogP contribution >= 0.6 is 0 Å². The number of carbonyl (C=O) groups is 5. The molecule has 0 aliphatic carbocycles. The molecule has 4 amide bonds. The lowest BCUT2D eigenvalue weighted by molar-refractivity contribution is -0.671. The zero-order chi connectivity index (χ0) is 36.1. The van der Waals surface area contributed by atoms with Crippen LogP contribution in [0.4, 0.5) is 4.79 Å². The van der Waals surface area contributed by atoms with Crippen LogP contribution in [0.15, 0.2) is 18.7 Å². The minimum atomic E-state index is -0.984. The number of esters is 1. The fraction of sp³-hybridized carbons (Fsp3) is 0.765. The van der Waals surface area contributed by atoms with Gasteiger partial charge in [0.1, 0.15) is 55.3 Å². The van der Waals surface area contributed by atoms with Crippen molar-refractivity contribution in [1.29, 1.82) is 0 Å². The number of amides is 4. The Hall–Kier alpha value is -3.64. The van der Waals surface area contributed by atoms with Gasteiger partial charge in [0.2, 0.25) is 24.0 Å². The average molecular weight is 666 g/mol. The van der Waals surface area contributed by atoms with E-state index in [0.717, 1.165) is 0 Å². The number of nitrogens with zero attached hydrogens (tertiary/aromatic N) is 2. The van der Waals surface area contributed by atoms with Crippen molar-refractivity contribution in [3.05, 3.63) is 18.7 Å². The molecule has 13 nitrogen and oxygen atoms in total. The van der Waals surface area contributed by atoms with Gasteiger partial charge in [-0.1, -0.05) is 55.4 Å². The maximum atomic E-state index is 13.6. The van der Waals surface area contributed by atoms with Gasteiger partial charge in [0, 0.05) is 0 Å². The van der Waals surface area contributed by atoms with Crippen LogP contribution in [-0.4, -0.2) is 70.7 Å². The Morgan fingerprint density at radius 1 is 0.723 bits per heavy atom. The first-order chi connectivity index (χ1) is 21.7. The van der Waals surface area contributed by atoms with Crippen molar-refractivity contribution in [3.63, 3.8) is 0 Å². The Morgan fingerprint density at radius 2 is 1.21 bits per heavy atom. The lowest BCUT2D eigenvalue weighted by atomic mass is 9.98. The molecule has 0 saturated carbocycles. The van der Waals surface area contributed by atoms with Gasteiger partial charge in [0.25, 0.3) is 0 Å². The predicted octanol–water partition coefficient (Wildman–Crippen LogP) is 3.00. The lowest BCUT2D eigenvalue weighted by Gasteiger charge is -2.29. The van der Waals surface area contributed by atoms with Crippen LogP contribution in [-0.2, 0) is 42.2 Å². The number of carbonyl (C=O) groups excluding carboxylic acids is 5. The van der Waals surface area contributed by atoms with E-state index in [2.05, 4.69) is 21.3 Å². The third kappa shape index (κ3) is 16.7. The Balaban J connectivity index is 3.05. The maximum Gasteiger partial charge on any atom is 0.408 e. The van der Waals surface area contributed by atoms with Crippen molar-refractivity contribution in [2.75, 3.05) is 6.61 Å². The third-order valence-corrected chi connectivity index (χ3v) is 7.03. The van der Waals surface area contributed by atoms with Gasteiger partial charge in [-0.2, -0.15) is 0 Å². The number of aryl methyl sites for hydroxylation is 1. The molecule has 1 heterocycles. The van der Waals surface area contributed by atoms with Crippen LogP contribution in [0, 0.1) is 23.7 Å². The van der Waals surface area contributed by atoms with E-state index in [1.165, 1.54) is 0 Å². The molecule has 47 heavy (non-hydrogen) atoms. The van der Waals surface area contributed by atoms with Crippen molar-refractivity contribution >= 4 is 29.8 Å². The molecule has 0 bridgehead atoms. The number of imidazole rings is 1. The van der Waals surface area contributed by atoms with E-state index in [-0.39, 0.29) is 30.3 Å². The average Bonchev–Trinajstić information content (AvgIpc) is 3.32. The van der Waals surface area contributed by atoms with Gasteiger partial charge in [-0.25, -0.2) is 18.7 Å². The quantitative estimate of drug-likeness (QED) is 0.139. The van der Waals surface area contributed by atoms with E-state index in [4.69, 9.17) is 9.47 Å². The molecule has 1 aromatic heterocycles. The number of hydrogen-bond acceptors (Lipinski definition) is 7. The van der Waals surface area contributed by atoms with E-state index < -0.39 is 59.6 Å². The van der Waals surface area contributed by atoms with E-state index in [1.54, 1.807) is 34.6 Å². The lowest BCUT2D eigenvalue weighted by Crippen LogP contribution is -2.59. The second kappa shape index (κ2) is 19.2. The minimum absolute atomic E-state index is 0.0268. The van der Waals surface area contributed by atoms with Crippen molar-refractivity contribution < 1.29 is 38.0 Å². The van der Waals surface area contributed by atoms with E-state index in [0.29, 0.717) is 25.8 Å². The highest BCUT2D eigenvalue weighted by Gasteiger charge is 2.34. The zero-order valence-corrected chi connectivity index (χ0v) is 30.6. The largest absolute Gasteiger partial charge is 0.460 e. The van der Waals surface area contributed by atoms with Crippen molar-refractivity contribution in [2.45, 2.75) is 132 Å². The standard InChI is InChI=1S/C34H60N6O7/c1-21(2)17-25(35-29(41)26(18-22(3)4)37-33(45)47-34(9,10)11)30(42)38-28(24(7)8)31(43)36-27(19-23(5)6)32(44)46-16-15-40-14-13-39(12)20-40/h13-14,20-28H,15-19H2,1-12H3,(H3-,35,36,37,38,41,42,43,45)/p+1/t25-,26-,27-,28-/m0/s1. The molecule has 1 aromatic rings. The molecule has 0 spiro atoms. The van der Waals surface area contributed by atoms with Crippen LogP contribution in [0.2, 0.25) is 0 Å². The fourth-order valence-corrected chi connectivity index (χ4v) is 4.85. The molecule has 4 N–H and O–H groups in total. The minimum Gasteiger partial charge on any atom is -0.460 e. The summed E-state index contributed by atoms with van der Waals surface area (Å²) in [6.45, 7) is 20.9. The SMILES string of the molecule is CC(C)C[C@H](NC(=O)OC(C)(C)C)C(=O)N[C@@H](CC(C)C)C(=O)N[C@H](C(=O)N[C@@H](CC(C)C)C(=O)OCCn1cc[n+](C)c1)C(C)C. The van der Waals surface area contributed by atoms with Gasteiger partial charge in [-0.05, 0) is 63.7 Å². The summed E-state index contributed by atoms with van der Waals surface area (Å²) >= 11 is 0. The van der Waals surface area contributed by atoms with Crippen molar-refractivity contribution in [2.24, 2.45) is 30.7 Å². The summed E-state index contributed by atoms with van der Waals surface area (Å²) in [4.78, 5) is 66.2. The number of ether oxygens (including phenoxy) is 2. The normalized spacial score (nSPS) is 14.4. The summed E-state index contributed by atoms with van der Waals surface area (Å²) in [5.74, 6) is -2.28. The predicted molar refractivity (Wildman–Crippen MR) is 179 cm³/mol. The number of alkyl carbamates (subject to hydrolysis) is 1. The smallest absolute Gasteiger partial charge is 0.408 e. The Labute approximate surface area is 281 Å². The van der Waals surface area contributed by atoms with Gasteiger partial charge >= 0.3 is 12.1 Å². The van der Waals surface area contributed by atoms with Crippen molar-refractivity contribution in [1.82, 2.24) is 25.8 Å². The molecule has 0 aliphatic rings. The molecule has 0 aliphatic heterocycles. The zero-order valence-electron chi connectivity index (χ0n) is 30.6. The maximum absolute atomic E-state index is 13.6. The molecule has 1 rings (SSSR count). The first kappa shape index (κ1) is 41.4. The highest BCUT2D eigenvalue weighted by Crippen LogP contribution is 2.13. The summed E-state index contributed by atoms with van der Waals surface area (Å²) in [6.07, 6.45) is 5.87. The molecule has 0 aromatic carbocycles. The first-order valence-corrected chi connectivity index (χ1v) is 16.8. The second-order valence-corrected chi connectivity index (χ2v) is 14.9. The highest BCUT2D eigenvalue weighted by atomic mass is 16.6. The molecule has 268 valence electrons. The second-order valence-electron chi connectivity index (χ2n) is 14.9. The summed E-state index contributed by atoms with van der Waals surface area (Å²) in [7, 11) is 1.90. The summed E-state index contributed by atoms with van der Waals surface area (Å²) in [6, 6.07) is -3.79. The van der Waals surface area contributed by atoms with E-state index in [9.17, 15) is 24.0 Å². The first-order valence-electron chi connectivity index (χ1n) is 16.8. The molecular weight excluding hydrogens is 604 g/mol. The van der Waals surface area contributed by atoms with Gasteiger partial charge in [0.05, 0.1) is 7.05 Å². The molecule has 0 saturated heterocycles. The van der Waals surface area contributed by atoms with E-state index >= 15 is 0 Å². The molecular formula is C34H61N6O7+. The van der Waals surface area contributed by atoms with Gasteiger partial charge in [0.15, 0.2) is 0 Å². The highest BCUT2D eigenvalue weighted by molar-refractivity contribution is 5.95. The topological polar surface area (TPSA) is 161 Å². The molecule has 0 unspecified atom stereocenters. The Morgan fingerprint density at radius 3 is 1.68 bits per heavy atom. The summed E-state index contributed by atoms with van der Waals surface area (Å²) in [5.41, 5.74) is -0.748. The van der Waals surface area contributed by atoms with Crippen LogP contribution in [0.1, 0.15) is 95.4 Å². The van der Waals surface area contributed by atoms with Crippen molar-refractivity contribution in [3.8, 4) is 0 Å². The molecule has 0 radical (unpaired) electrons. The number of nitrogens with one attached hydrogen (secondary N) is 4. The van der Waals surface area contributed by atoms with Crippen LogP contribution in [0.5, 0.6) is 0 Å². The fourth-order valence-electron chi connectivity index (χ4n) is 4.85. The summed E-state index contributed by atoms with van der Waals surface area (Å²) in [5, 5.41) is 11.0. The van der Waals surface area contributed by atoms with Crippen LogP contribution < -0.4 is 25.8 Å². The third-order valence-electron chi connectivity index (χ3n) is 7.03. The summed E-state index contributed by atoms with van der Waals surface area (Å²) < 4.78 is 14.6. The molecule has 4 atom stereocenters. The number of aromatic nitrogens is 2. The monoisotopic (exact) mass is 665 g/mol. The molecule has 0 fully saturated rings. The van der Waals surface area contributed by atoms with Gasteiger partial charge in [-0.15, -0.1) is 0 Å². The van der Waals surface area contributed by atoms with Gasteiger partial charge in [-0.3, -0.25) is 14.4 Å². The Kier molecular flexibility index (Phi) is 16.9. The molecule has 13 heteroatoms. The van der Waals surface area contributed by atoms with Crippen LogP contribution in [0.3, 0.4) is 0 Å². The van der Waals surface area contributed by atoms with E-state index in [1.807, 2.05) is 76.4 Å². The number of hydrogen-bond donors (Lipinski definition) is 4. The Bertz CT molecular complexity index is 1170. The van der Waals surface area contributed by atoms with Crippen LogP contribution in [0.25, 0.3) is 0 Å².